The summed E-state index contributed by atoms with van der Waals surface area (Å²) in [5, 5.41) is 31.5. The molecule has 3 aromatic carbocycles. The number of nitrogens with zero attached hydrogens (tertiary/aromatic N) is 2. The van der Waals surface area contributed by atoms with Gasteiger partial charge in [-0.2, -0.15) is 0 Å². The van der Waals surface area contributed by atoms with Crippen LogP contribution in [0.4, 0.5) is 4.39 Å². The highest BCUT2D eigenvalue weighted by Gasteiger charge is 2.20. The largest absolute Gasteiger partial charge is 0.426 e. The van der Waals surface area contributed by atoms with Crippen molar-refractivity contribution in [2.24, 2.45) is 0 Å². The lowest BCUT2D eigenvalue weighted by Crippen LogP contribution is -2.22. The predicted molar refractivity (Wildman–Crippen MR) is 152 cm³/mol. The van der Waals surface area contributed by atoms with Crippen LogP contribution in [0.5, 0.6) is 5.75 Å². The normalized spacial score (nSPS) is 13.0. The van der Waals surface area contributed by atoms with Crippen LogP contribution in [0.2, 0.25) is 0 Å². The van der Waals surface area contributed by atoms with Gasteiger partial charge >= 0.3 is 5.97 Å². The second-order valence-corrected chi connectivity index (χ2v) is 9.88. The molecule has 0 saturated carbocycles. The van der Waals surface area contributed by atoms with Crippen molar-refractivity contribution >= 4 is 22.9 Å². The Hall–Kier alpha value is -4.54. The SMILES string of the molecule is CC(C)n1c(/C=C/[C@H](O)C[C@H](O)CC(=O)Oc2ccc(CO[N+](=O)[O-])cc2)c(-c2ccc(F)cc2)c2ccccc21. The molecule has 0 radical (unpaired) electrons. The van der Waals surface area contributed by atoms with Crippen molar-refractivity contribution in [2.45, 2.75) is 51.5 Å². The maximum absolute atomic E-state index is 13.7. The Balaban J connectivity index is 1.45. The van der Waals surface area contributed by atoms with E-state index in [1.165, 1.54) is 36.4 Å². The van der Waals surface area contributed by atoms with Crippen molar-refractivity contribution in [2.75, 3.05) is 0 Å². The van der Waals surface area contributed by atoms with Crippen LogP contribution < -0.4 is 4.74 Å². The van der Waals surface area contributed by atoms with E-state index in [2.05, 4.69) is 23.3 Å². The molecule has 1 heterocycles. The van der Waals surface area contributed by atoms with Gasteiger partial charge in [-0.05, 0) is 61.4 Å². The standard InChI is InChI=1S/C31H31FN2O7/c1-20(2)33-28-6-4-3-5-27(28)31(22-9-11-23(32)12-10-22)29(33)16-13-24(35)17-25(36)18-30(37)41-26-14-7-21(8-15-26)19-40-34(38)39/h3-16,20,24-25,35-36H,17-19H2,1-2H3/b16-13+/t24-,25-/m0/s1. The summed E-state index contributed by atoms with van der Waals surface area (Å²) < 4.78 is 21.0. The first-order valence-electron chi connectivity index (χ1n) is 13.1. The fourth-order valence-electron chi connectivity index (χ4n) is 4.71. The number of esters is 1. The number of benzene rings is 3. The highest BCUT2D eigenvalue weighted by atomic mass is 19.1. The van der Waals surface area contributed by atoms with E-state index >= 15 is 0 Å². The van der Waals surface area contributed by atoms with Gasteiger partial charge < -0.3 is 24.4 Å². The molecule has 0 saturated heterocycles. The molecular weight excluding hydrogens is 531 g/mol. The second kappa shape index (κ2) is 13.2. The van der Waals surface area contributed by atoms with E-state index in [0.717, 1.165) is 27.7 Å². The summed E-state index contributed by atoms with van der Waals surface area (Å²) in [4.78, 5) is 26.9. The smallest absolute Gasteiger partial charge is 0.313 e. The van der Waals surface area contributed by atoms with Crippen molar-refractivity contribution in [1.29, 1.82) is 0 Å². The van der Waals surface area contributed by atoms with Crippen LogP contribution in [0, 0.1) is 15.9 Å². The molecule has 0 aliphatic carbocycles. The number of ether oxygens (including phenoxy) is 1. The number of halogens is 1. The van der Waals surface area contributed by atoms with Gasteiger partial charge in [-0.25, -0.2) is 4.39 Å². The zero-order valence-electron chi connectivity index (χ0n) is 22.6. The molecule has 1 aromatic heterocycles. The fraction of sp³-hybridized carbons (Fsp3) is 0.258. The van der Waals surface area contributed by atoms with E-state index in [9.17, 15) is 29.5 Å². The Morgan fingerprint density at radius 3 is 2.39 bits per heavy atom. The molecule has 0 aliphatic rings. The van der Waals surface area contributed by atoms with Crippen molar-refractivity contribution in [3.63, 3.8) is 0 Å². The molecule has 2 N–H and O–H groups in total. The lowest BCUT2D eigenvalue weighted by Gasteiger charge is -2.15. The molecule has 10 heteroatoms. The molecule has 2 atom stereocenters. The molecule has 9 nitrogen and oxygen atoms in total. The van der Waals surface area contributed by atoms with E-state index in [1.54, 1.807) is 24.3 Å². The fourth-order valence-corrected chi connectivity index (χ4v) is 4.71. The van der Waals surface area contributed by atoms with Gasteiger partial charge in [0.15, 0.2) is 0 Å². The molecule has 41 heavy (non-hydrogen) atoms. The number of fused-ring (bicyclic) bond motifs is 1. The Kier molecular flexibility index (Phi) is 9.49. The number of aromatic nitrogens is 1. The minimum atomic E-state index is -1.16. The average Bonchev–Trinajstić information content (AvgIpc) is 3.26. The number of para-hydroxylation sites is 1. The van der Waals surface area contributed by atoms with Gasteiger partial charge in [0.25, 0.3) is 5.09 Å². The number of aliphatic hydroxyl groups excluding tert-OH is 2. The van der Waals surface area contributed by atoms with E-state index in [4.69, 9.17) is 4.74 Å². The summed E-state index contributed by atoms with van der Waals surface area (Å²) in [5.41, 5.74) is 4.08. The van der Waals surface area contributed by atoms with Crippen LogP contribution in [0.3, 0.4) is 0 Å². The predicted octanol–water partition coefficient (Wildman–Crippen LogP) is 5.86. The average molecular weight is 563 g/mol. The van der Waals surface area contributed by atoms with E-state index in [0.29, 0.717) is 5.56 Å². The van der Waals surface area contributed by atoms with Crippen molar-refractivity contribution in [3.8, 4) is 16.9 Å². The molecule has 4 rings (SSSR count). The zero-order valence-corrected chi connectivity index (χ0v) is 22.6. The third kappa shape index (κ3) is 7.56. The molecular formula is C31H31FN2O7. The molecule has 4 aromatic rings. The Labute approximate surface area is 236 Å². The van der Waals surface area contributed by atoms with Gasteiger partial charge in [0, 0.05) is 34.6 Å². The maximum atomic E-state index is 13.7. The lowest BCUT2D eigenvalue weighted by molar-refractivity contribution is -0.763. The molecule has 0 fully saturated rings. The number of carbonyl (C=O) groups excluding carboxylic acids is 1. The van der Waals surface area contributed by atoms with Crippen LogP contribution in [-0.4, -0.2) is 38.0 Å². The molecule has 0 unspecified atom stereocenters. The summed E-state index contributed by atoms with van der Waals surface area (Å²) in [6, 6.07) is 20.2. The quantitative estimate of drug-likeness (QED) is 0.0960. The molecule has 0 aliphatic heterocycles. The van der Waals surface area contributed by atoms with Gasteiger partial charge in [0.2, 0.25) is 0 Å². The second-order valence-electron chi connectivity index (χ2n) is 9.88. The molecule has 0 amide bonds. The summed E-state index contributed by atoms with van der Waals surface area (Å²) in [5.74, 6) is -0.815. The topological polar surface area (TPSA) is 124 Å². The number of hydrogen-bond acceptors (Lipinski definition) is 7. The summed E-state index contributed by atoms with van der Waals surface area (Å²) in [6.07, 6.45) is 0.695. The van der Waals surface area contributed by atoms with Crippen molar-refractivity contribution in [1.82, 2.24) is 4.57 Å². The van der Waals surface area contributed by atoms with E-state index < -0.39 is 23.3 Å². The van der Waals surface area contributed by atoms with Crippen LogP contribution in [0.15, 0.2) is 78.9 Å². The Bertz CT molecular complexity index is 1530. The third-order valence-corrected chi connectivity index (χ3v) is 6.48. The maximum Gasteiger partial charge on any atom is 0.313 e. The highest BCUT2D eigenvalue weighted by Crippen LogP contribution is 2.38. The number of aliphatic hydroxyl groups is 2. The third-order valence-electron chi connectivity index (χ3n) is 6.48. The number of hydrogen-bond donors (Lipinski definition) is 2. The minimum absolute atomic E-state index is 0.0842. The van der Waals surface area contributed by atoms with Gasteiger partial charge in [-0.1, -0.05) is 48.5 Å². The van der Waals surface area contributed by atoms with Gasteiger partial charge in [0.1, 0.15) is 18.2 Å². The van der Waals surface area contributed by atoms with Crippen LogP contribution >= 0.6 is 0 Å². The summed E-state index contributed by atoms with van der Waals surface area (Å²) in [7, 11) is 0. The molecule has 0 spiro atoms. The first-order chi connectivity index (χ1) is 19.6. The van der Waals surface area contributed by atoms with Crippen LogP contribution in [0.25, 0.3) is 28.1 Å². The monoisotopic (exact) mass is 562 g/mol. The summed E-state index contributed by atoms with van der Waals surface area (Å²) >= 11 is 0. The van der Waals surface area contributed by atoms with E-state index in [1.807, 2.05) is 24.3 Å². The molecule has 214 valence electrons. The summed E-state index contributed by atoms with van der Waals surface area (Å²) in [6.45, 7) is 3.88. The van der Waals surface area contributed by atoms with Gasteiger partial charge in [-0.3, -0.25) is 4.79 Å². The van der Waals surface area contributed by atoms with Crippen LogP contribution in [-0.2, 0) is 16.2 Å². The van der Waals surface area contributed by atoms with Gasteiger partial charge in [-0.15, -0.1) is 10.1 Å². The Morgan fingerprint density at radius 1 is 1.05 bits per heavy atom. The highest BCUT2D eigenvalue weighted by molar-refractivity contribution is 6.01. The first-order valence-corrected chi connectivity index (χ1v) is 13.1. The van der Waals surface area contributed by atoms with Crippen molar-refractivity contribution < 1.29 is 34.1 Å². The lowest BCUT2D eigenvalue weighted by atomic mass is 10.0. The molecule has 0 bridgehead atoms. The van der Waals surface area contributed by atoms with Crippen LogP contribution in [0.1, 0.15) is 44.0 Å². The number of rotatable bonds is 12. The first kappa shape index (κ1) is 29.4. The minimum Gasteiger partial charge on any atom is -0.426 e. The Morgan fingerprint density at radius 2 is 1.73 bits per heavy atom. The van der Waals surface area contributed by atoms with E-state index in [-0.39, 0.29) is 37.1 Å². The number of carbonyl (C=O) groups is 1. The van der Waals surface area contributed by atoms with Crippen molar-refractivity contribution in [3.05, 3.63) is 106 Å². The van der Waals surface area contributed by atoms with Gasteiger partial charge in [0.05, 0.1) is 18.6 Å². The zero-order chi connectivity index (χ0) is 29.5.